The van der Waals surface area contributed by atoms with Crippen LogP contribution in [0.15, 0.2) is 58.4 Å². The molecule has 0 saturated heterocycles. The van der Waals surface area contributed by atoms with Crippen LogP contribution in [0, 0.1) is 5.82 Å². The number of aryl methyl sites for hydroxylation is 1. The molecule has 30 heavy (non-hydrogen) atoms. The third-order valence-electron chi connectivity index (χ3n) is 5.49. The molecule has 1 N–H and O–H groups in total. The Morgan fingerprint density at radius 1 is 1.07 bits per heavy atom. The van der Waals surface area contributed by atoms with E-state index in [0.29, 0.717) is 11.3 Å². The van der Waals surface area contributed by atoms with Crippen LogP contribution in [-0.4, -0.2) is 15.4 Å². The lowest BCUT2D eigenvalue weighted by molar-refractivity contribution is 0.0786. The number of hydrogen-bond acceptors (Lipinski definition) is 3. The highest BCUT2D eigenvalue weighted by atomic mass is 35.5. The van der Waals surface area contributed by atoms with Gasteiger partial charge in [-0.3, -0.25) is 9.79 Å². The van der Waals surface area contributed by atoms with Crippen molar-refractivity contribution in [2.45, 2.75) is 32.4 Å². The highest BCUT2D eigenvalue weighted by Crippen LogP contribution is 2.39. The summed E-state index contributed by atoms with van der Waals surface area (Å²) in [5.74, 6) is -0.421. The second kappa shape index (κ2) is 7.18. The minimum Gasteiger partial charge on any atom is -0.386 e. The molecule has 1 aliphatic rings. The first-order chi connectivity index (χ1) is 14.1. The largest absolute Gasteiger partial charge is 0.386 e. The Hall–Kier alpha value is -2.76. The van der Waals surface area contributed by atoms with Crippen LogP contribution in [0.1, 0.15) is 49.1 Å². The Labute approximate surface area is 179 Å². The molecular formula is C24H22ClFN2O2. The fraction of sp³-hybridized carbons (Fsp3) is 0.250. The average molecular weight is 425 g/mol. The number of benzene rings is 2. The van der Waals surface area contributed by atoms with Gasteiger partial charge in [0.2, 0.25) is 0 Å². The average Bonchev–Trinajstić information content (AvgIpc) is 2.77. The Morgan fingerprint density at radius 3 is 2.43 bits per heavy atom. The summed E-state index contributed by atoms with van der Waals surface area (Å²) in [5, 5.41) is 10.8. The number of hydrogen-bond donors (Lipinski definition) is 1. The van der Waals surface area contributed by atoms with Gasteiger partial charge in [0, 0.05) is 36.0 Å². The molecule has 1 atom stereocenters. The standard InChI is InChI=1S/C24H22ClFN2O2/c1-13-18-11-22(29)28(4)12-20(18)19-9-14(24(2,3)30)5-7-16(19)23(27-13)17-8-6-15(26)10-21(17)25/h5-13,30H,1-4H3/t13-/m0/s1. The molecule has 1 aliphatic heterocycles. The summed E-state index contributed by atoms with van der Waals surface area (Å²) < 4.78 is 15.2. The van der Waals surface area contributed by atoms with Crippen molar-refractivity contribution < 1.29 is 9.50 Å². The molecular weight excluding hydrogens is 403 g/mol. The number of fused-ring (bicyclic) bond motifs is 3. The molecule has 154 valence electrons. The predicted molar refractivity (Wildman–Crippen MR) is 118 cm³/mol. The minimum absolute atomic E-state index is 0.126. The van der Waals surface area contributed by atoms with Gasteiger partial charge < -0.3 is 9.67 Å². The smallest absolute Gasteiger partial charge is 0.250 e. The summed E-state index contributed by atoms with van der Waals surface area (Å²) in [5.41, 5.74) is 4.10. The predicted octanol–water partition coefficient (Wildman–Crippen LogP) is 4.98. The topological polar surface area (TPSA) is 54.6 Å². The highest BCUT2D eigenvalue weighted by molar-refractivity contribution is 6.36. The lowest BCUT2D eigenvalue weighted by Gasteiger charge is -2.21. The summed E-state index contributed by atoms with van der Waals surface area (Å²) in [6, 6.07) is 11.2. The Morgan fingerprint density at radius 2 is 1.77 bits per heavy atom. The molecule has 0 fully saturated rings. The fourth-order valence-electron chi connectivity index (χ4n) is 3.80. The molecule has 4 nitrogen and oxygen atoms in total. The van der Waals surface area contributed by atoms with Crippen molar-refractivity contribution in [3.05, 3.63) is 92.1 Å². The molecule has 0 bridgehead atoms. The van der Waals surface area contributed by atoms with E-state index in [-0.39, 0.29) is 16.6 Å². The second-order valence-electron chi connectivity index (χ2n) is 8.19. The zero-order valence-electron chi connectivity index (χ0n) is 17.2. The SMILES string of the molecule is C[C@@H]1N=C(c2ccc(F)cc2Cl)c2ccc(C(C)(C)O)cc2-c2cn(C)c(=O)cc21. The van der Waals surface area contributed by atoms with Crippen molar-refractivity contribution in [3.8, 4) is 11.1 Å². The first kappa shape index (κ1) is 20.5. The number of nitrogens with zero attached hydrogens (tertiary/aromatic N) is 2. The van der Waals surface area contributed by atoms with Gasteiger partial charge in [0.15, 0.2) is 0 Å². The molecule has 4 rings (SSSR count). The molecule has 0 saturated carbocycles. The van der Waals surface area contributed by atoms with Gasteiger partial charge in [0.1, 0.15) is 5.82 Å². The second-order valence-corrected chi connectivity index (χ2v) is 8.60. The molecule has 0 radical (unpaired) electrons. The first-order valence-corrected chi connectivity index (χ1v) is 10.1. The van der Waals surface area contributed by atoms with Crippen LogP contribution < -0.4 is 5.56 Å². The zero-order valence-corrected chi connectivity index (χ0v) is 18.0. The molecule has 2 aromatic carbocycles. The van der Waals surface area contributed by atoms with Crippen LogP contribution in [0.2, 0.25) is 5.02 Å². The third kappa shape index (κ3) is 3.48. The maximum atomic E-state index is 13.7. The van der Waals surface area contributed by atoms with Gasteiger partial charge in [-0.05, 0) is 61.7 Å². The third-order valence-corrected chi connectivity index (χ3v) is 5.80. The highest BCUT2D eigenvalue weighted by Gasteiger charge is 2.27. The van der Waals surface area contributed by atoms with Gasteiger partial charge in [-0.1, -0.05) is 23.7 Å². The van der Waals surface area contributed by atoms with E-state index >= 15 is 0 Å². The monoisotopic (exact) mass is 424 g/mol. The van der Waals surface area contributed by atoms with Crippen LogP contribution in [-0.2, 0) is 12.6 Å². The molecule has 0 amide bonds. The lowest BCUT2D eigenvalue weighted by atomic mass is 9.87. The van der Waals surface area contributed by atoms with Crippen molar-refractivity contribution in [1.29, 1.82) is 0 Å². The zero-order chi connectivity index (χ0) is 21.8. The van der Waals surface area contributed by atoms with E-state index in [1.807, 2.05) is 25.1 Å². The van der Waals surface area contributed by atoms with Crippen LogP contribution in [0.5, 0.6) is 0 Å². The number of aliphatic hydroxyl groups is 1. The number of rotatable bonds is 2. The quantitative estimate of drug-likeness (QED) is 0.630. The van der Waals surface area contributed by atoms with E-state index in [1.165, 1.54) is 16.7 Å². The maximum Gasteiger partial charge on any atom is 0.250 e. The Kier molecular flexibility index (Phi) is 4.91. The van der Waals surface area contributed by atoms with Gasteiger partial charge in [-0.25, -0.2) is 4.39 Å². The maximum absolute atomic E-state index is 13.7. The van der Waals surface area contributed by atoms with E-state index in [0.717, 1.165) is 27.8 Å². The number of pyridine rings is 1. The van der Waals surface area contributed by atoms with Crippen LogP contribution in [0.3, 0.4) is 0 Å². The summed E-state index contributed by atoms with van der Waals surface area (Å²) in [7, 11) is 1.70. The molecule has 0 spiro atoms. The molecule has 0 aliphatic carbocycles. The summed E-state index contributed by atoms with van der Waals surface area (Å²) in [4.78, 5) is 17.2. The number of halogens is 2. The van der Waals surface area contributed by atoms with Gasteiger partial charge in [0.25, 0.3) is 5.56 Å². The van der Waals surface area contributed by atoms with Crippen molar-refractivity contribution >= 4 is 17.3 Å². The minimum atomic E-state index is -1.04. The van der Waals surface area contributed by atoms with Gasteiger partial charge >= 0.3 is 0 Å². The van der Waals surface area contributed by atoms with Gasteiger partial charge in [-0.15, -0.1) is 0 Å². The molecule has 2 heterocycles. The first-order valence-electron chi connectivity index (χ1n) is 9.67. The number of aliphatic imine (C=N–C) groups is 1. The Bertz CT molecular complexity index is 1260. The van der Waals surface area contributed by atoms with E-state index < -0.39 is 11.4 Å². The molecule has 1 aromatic heterocycles. The number of aromatic nitrogens is 1. The van der Waals surface area contributed by atoms with Crippen molar-refractivity contribution in [3.63, 3.8) is 0 Å². The van der Waals surface area contributed by atoms with E-state index in [1.54, 1.807) is 39.2 Å². The van der Waals surface area contributed by atoms with Crippen LogP contribution in [0.25, 0.3) is 11.1 Å². The Balaban J connectivity index is 2.08. The van der Waals surface area contributed by atoms with Crippen molar-refractivity contribution in [1.82, 2.24) is 4.57 Å². The van der Waals surface area contributed by atoms with E-state index in [2.05, 4.69) is 0 Å². The lowest BCUT2D eigenvalue weighted by Crippen LogP contribution is -2.18. The normalized spacial score (nSPS) is 15.8. The summed E-state index contributed by atoms with van der Waals surface area (Å²) in [6.07, 6.45) is 1.80. The van der Waals surface area contributed by atoms with Crippen LogP contribution in [0.4, 0.5) is 4.39 Å². The summed E-state index contributed by atoms with van der Waals surface area (Å²) >= 11 is 6.38. The molecule has 0 unspecified atom stereocenters. The molecule has 3 aromatic rings. The van der Waals surface area contributed by atoms with Crippen molar-refractivity contribution in [2.75, 3.05) is 0 Å². The van der Waals surface area contributed by atoms with E-state index in [4.69, 9.17) is 16.6 Å². The summed E-state index contributed by atoms with van der Waals surface area (Å²) in [6.45, 7) is 5.36. The van der Waals surface area contributed by atoms with Gasteiger partial charge in [0.05, 0.1) is 22.4 Å². The van der Waals surface area contributed by atoms with Crippen LogP contribution >= 0.6 is 11.6 Å². The fourth-order valence-corrected chi connectivity index (χ4v) is 4.05. The molecule has 6 heteroatoms. The van der Waals surface area contributed by atoms with Gasteiger partial charge in [-0.2, -0.15) is 0 Å². The van der Waals surface area contributed by atoms with E-state index in [9.17, 15) is 14.3 Å². The van der Waals surface area contributed by atoms with Crippen molar-refractivity contribution in [2.24, 2.45) is 12.0 Å².